The maximum Gasteiger partial charge on any atom is 0.359 e. The zero-order valence-corrected chi connectivity index (χ0v) is 10.8. The second-order valence-electron chi connectivity index (χ2n) is 4.84. The van der Waals surface area contributed by atoms with Gasteiger partial charge < -0.3 is 24.5 Å². The van der Waals surface area contributed by atoms with Gasteiger partial charge in [-0.05, 0) is 13.8 Å². The van der Waals surface area contributed by atoms with E-state index in [1.54, 1.807) is 7.05 Å². The first-order valence-electron chi connectivity index (χ1n) is 5.75. The van der Waals surface area contributed by atoms with Crippen molar-refractivity contribution in [3.8, 4) is 0 Å². The number of quaternary nitrogens is 1. The largest absolute Gasteiger partial charge is 0.477 e. The molecule has 0 aromatic heterocycles. The highest BCUT2D eigenvalue weighted by Gasteiger charge is 2.28. The van der Waals surface area contributed by atoms with Crippen molar-refractivity contribution in [1.29, 1.82) is 0 Å². The number of rotatable bonds is 9. The van der Waals surface area contributed by atoms with Gasteiger partial charge in [-0.1, -0.05) is 0 Å². The third-order valence-corrected chi connectivity index (χ3v) is 2.43. The van der Waals surface area contributed by atoms with Gasteiger partial charge >= 0.3 is 5.97 Å². The van der Waals surface area contributed by atoms with Crippen LogP contribution in [0, 0.1) is 0 Å². The van der Waals surface area contributed by atoms with Crippen LogP contribution >= 0.6 is 0 Å². The Morgan fingerprint density at radius 3 is 2.41 bits per heavy atom. The van der Waals surface area contributed by atoms with E-state index in [0.717, 1.165) is 0 Å². The number of carboxylic acid groups (broad SMARTS) is 1. The molecule has 102 valence electrons. The van der Waals surface area contributed by atoms with E-state index in [4.69, 9.17) is 14.9 Å². The smallest absolute Gasteiger partial charge is 0.359 e. The average Bonchev–Trinajstić information content (AvgIpc) is 2.13. The summed E-state index contributed by atoms with van der Waals surface area (Å²) in [5, 5.41) is 27.5. The van der Waals surface area contributed by atoms with Crippen LogP contribution in [0.5, 0.6) is 0 Å². The third-order valence-electron chi connectivity index (χ3n) is 2.43. The molecular formula is C11H24NO5+. The molecule has 2 atom stereocenters. The molecule has 0 aliphatic heterocycles. The number of carboxylic acids is 1. The summed E-state index contributed by atoms with van der Waals surface area (Å²) >= 11 is 0. The molecule has 6 nitrogen and oxygen atoms in total. The standard InChI is InChI=1S/C11H23NO5/c1-9(2)17-8-10(14)6-12(3,4-5-13)7-11(15)16/h9-10,13-14H,4-8H2,1-3H3/p+1. The molecule has 0 fully saturated rings. The van der Waals surface area contributed by atoms with E-state index >= 15 is 0 Å². The Bertz CT molecular complexity index is 234. The highest BCUT2D eigenvalue weighted by Crippen LogP contribution is 2.05. The first-order valence-corrected chi connectivity index (χ1v) is 5.75. The monoisotopic (exact) mass is 250 g/mol. The summed E-state index contributed by atoms with van der Waals surface area (Å²) in [4.78, 5) is 10.7. The lowest BCUT2D eigenvalue weighted by atomic mass is 10.2. The Labute approximate surface area is 102 Å². The lowest BCUT2D eigenvalue weighted by Crippen LogP contribution is -2.54. The van der Waals surface area contributed by atoms with Gasteiger partial charge in [-0.15, -0.1) is 0 Å². The second-order valence-corrected chi connectivity index (χ2v) is 4.84. The first kappa shape index (κ1) is 16.3. The normalized spacial score (nSPS) is 16.8. The van der Waals surface area contributed by atoms with Crippen molar-refractivity contribution in [1.82, 2.24) is 0 Å². The van der Waals surface area contributed by atoms with Gasteiger partial charge in [0.2, 0.25) is 0 Å². The summed E-state index contributed by atoms with van der Waals surface area (Å²) in [5.74, 6) is -0.946. The van der Waals surface area contributed by atoms with Crippen molar-refractivity contribution >= 4 is 5.97 Å². The maximum absolute atomic E-state index is 10.7. The molecule has 0 rings (SSSR count). The van der Waals surface area contributed by atoms with Gasteiger partial charge in [0, 0.05) is 0 Å². The number of nitrogens with zero attached hydrogens (tertiary/aromatic N) is 1. The molecule has 0 amide bonds. The van der Waals surface area contributed by atoms with Crippen LogP contribution in [0.1, 0.15) is 13.8 Å². The summed E-state index contributed by atoms with van der Waals surface area (Å²) in [6, 6.07) is 0. The van der Waals surface area contributed by atoms with Gasteiger partial charge in [0.1, 0.15) is 19.2 Å². The number of hydrogen-bond acceptors (Lipinski definition) is 4. The predicted octanol–water partition coefficient (Wildman–Crippen LogP) is -0.704. The SMILES string of the molecule is CC(C)OCC(O)C[N+](C)(CCO)CC(=O)O. The van der Waals surface area contributed by atoms with E-state index in [0.29, 0.717) is 6.54 Å². The lowest BCUT2D eigenvalue weighted by Gasteiger charge is -2.34. The fourth-order valence-electron chi connectivity index (χ4n) is 1.67. The van der Waals surface area contributed by atoms with Gasteiger partial charge in [-0.25, -0.2) is 4.79 Å². The van der Waals surface area contributed by atoms with Crippen molar-refractivity contribution < 1.29 is 29.3 Å². The Morgan fingerprint density at radius 1 is 1.41 bits per heavy atom. The highest BCUT2D eigenvalue weighted by molar-refractivity contribution is 5.67. The molecule has 17 heavy (non-hydrogen) atoms. The molecule has 2 unspecified atom stereocenters. The quantitative estimate of drug-likeness (QED) is 0.471. The van der Waals surface area contributed by atoms with Gasteiger partial charge in [-0.3, -0.25) is 0 Å². The molecule has 0 aromatic carbocycles. The minimum absolute atomic E-state index is 0.0284. The van der Waals surface area contributed by atoms with Crippen molar-refractivity contribution in [2.45, 2.75) is 26.1 Å². The third kappa shape index (κ3) is 8.09. The van der Waals surface area contributed by atoms with Crippen molar-refractivity contribution in [2.75, 3.05) is 39.9 Å². The lowest BCUT2D eigenvalue weighted by molar-refractivity contribution is -0.905. The Kier molecular flexibility index (Phi) is 7.29. The van der Waals surface area contributed by atoms with Crippen LogP contribution < -0.4 is 0 Å². The molecule has 0 spiro atoms. The zero-order valence-electron chi connectivity index (χ0n) is 10.8. The van der Waals surface area contributed by atoms with Crippen LogP contribution in [-0.2, 0) is 9.53 Å². The van der Waals surface area contributed by atoms with Crippen LogP contribution in [0.4, 0.5) is 0 Å². The molecule has 3 N–H and O–H groups in total. The molecule has 0 heterocycles. The Balaban J connectivity index is 4.26. The molecule has 0 aliphatic rings. The van der Waals surface area contributed by atoms with Crippen molar-refractivity contribution in [2.24, 2.45) is 0 Å². The molecule has 0 radical (unpaired) electrons. The van der Waals surface area contributed by atoms with Gasteiger partial charge in [-0.2, -0.15) is 0 Å². The summed E-state index contributed by atoms with van der Waals surface area (Å²) in [7, 11) is 1.70. The number of hydrogen-bond donors (Lipinski definition) is 3. The molecule has 0 bridgehead atoms. The van der Waals surface area contributed by atoms with Crippen LogP contribution in [-0.4, -0.2) is 77.9 Å². The summed E-state index contributed by atoms with van der Waals surface area (Å²) in [5.41, 5.74) is 0. The number of aliphatic hydroxyl groups excluding tert-OH is 2. The van der Waals surface area contributed by atoms with Crippen LogP contribution in [0.2, 0.25) is 0 Å². The van der Waals surface area contributed by atoms with E-state index in [2.05, 4.69) is 0 Å². The minimum atomic E-state index is -0.946. The number of aliphatic hydroxyl groups is 2. The highest BCUT2D eigenvalue weighted by atomic mass is 16.5. The van der Waals surface area contributed by atoms with Gasteiger partial charge in [0.15, 0.2) is 6.54 Å². The van der Waals surface area contributed by atoms with E-state index in [-0.39, 0.29) is 36.9 Å². The Morgan fingerprint density at radius 2 is 2.00 bits per heavy atom. The maximum atomic E-state index is 10.7. The topological polar surface area (TPSA) is 87.0 Å². The molecule has 6 heteroatoms. The predicted molar refractivity (Wildman–Crippen MR) is 62.6 cm³/mol. The number of carbonyl (C=O) groups is 1. The molecule has 0 saturated heterocycles. The summed E-state index contributed by atoms with van der Waals surface area (Å²) < 4.78 is 5.35. The number of likely N-dealkylation sites (N-methyl/N-ethyl adjacent to an activating group) is 1. The van der Waals surface area contributed by atoms with Crippen molar-refractivity contribution in [3.63, 3.8) is 0 Å². The number of aliphatic carboxylic acids is 1. The van der Waals surface area contributed by atoms with Crippen molar-refractivity contribution in [3.05, 3.63) is 0 Å². The van der Waals surface area contributed by atoms with E-state index in [9.17, 15) is 9.90 Å². The zero-order chi connectivity index (χ0) is 13.5. The van der Waals surface area contributed by atoms with Crippen LogP contribution in [0.3, 0.4) is 0 Å². The fourth-order valence-corrected chi connectivity index (χ4v) is 1.67. The minimum Gasteiger partial charge on any atom is -0.477 e. The van der Waals surface area contributed by atoms with E-state index in [1.807, 2.05) is 13.8 Å². The molecule has 0 aromatic rings. The second kappa shape index (κ2) is 7.60. The van der Waals surface area contributed by atoms with Gasteiger partial charge in [0.05, 0.1) is 26.4 Å². The van der Waals surface area contributed by atoms with E-state index < -0.39 is 12.1 Å². The molecular weight excluding hydrogens is 226 g/mol. The van der Waals surface area contributed by atoms with Crippen LogP contribution in [0.25, 0.3) is 0 Å². The van der Waals surface area contributed by atoms with Crippen LogP contribution in [0.15, 0.2) is 0 Å². The summed E-state index contributed by atoms with van der Waals surface area (Å²) in [6.45, 7) is 4.22. The fraction of sp³-hybridized carbons (Fsp3) is 0.909. The first-order chi connectivity index (χ1) is 7.79. The molecule has 0 aliphatic carbocycles. The van der Waals surface area contributed by atoms with Gasteiger partial charge in [0.25, 0.3) is 0 Å². The number of ether oxygens (including phenoxy) is 1. The van der Waals surface area contributed by atoms with E-state index in [1.165, 1.54) is 0 Å². The average molecular weight is 250 g/mol. The summed E-state index contributed by atoms with van der Waals surface area (Å²) in [6.07, 6.45) is -0.700. The Hall–Kier alpha value is -0.690. The molecule has 0 saturated carbocycles.